The lowest BCUT2D eigenvalue weighted by molar-refractivity contribution is -0.148. The Balaban J connectivity index is 1.41. The van der Waals surface area contributed by atoms with E-state index in [-0.39, 0.29) is 35.5 Å². The molecule has 1 saturated heterocycles. The highest BCUT2D eigenvalue weighted by molar-refractivity contribution is 5.79. The minimum Gasteiger partial charge on any atom is -0.508 e. The molecule has 1 aromatic heterocycles. The molecule has 7 nitrogen and oxygen atoms in total. The number of aryl methyl sites for hydroxylation is 1. The first-order valence-electron chi connectivity index (χ1n) is 10.7. The van der Waals surface area contributed by atoms with Gasteiger partial charge in [-0.3, -0.25) is 13.9 Å². The molecule has 29 heavy (non-hydrogen) atoms. The quantitative estimate of drug-likeness (QED) is 0.857. The van der Waals surface area contributed by atoms with Gasteiger partial charge in [-0.1, -0.05) is 0 Å². The number of benzene rings is 1. The molecule has 1 aliphatic heterocycles. The lowest BCUT2D eigenvalue weighted by Gasteiger charge is -2.38. The first-order chi connectivity index (χ1) is 13.8. The van der Waals surface area contributed by atoms with E-state index >= 15 is 0 Å². The lowest BCUT2D eigenvalue weighted by Crippen LogP contribution is -2.50. The summed E-state index contributed by atoms with van der Waals surface area (Å²) in [6.45, 7) is 6.03. The maximum absolute atomic E-state index is 13.0. The Hall–Kier alpha value is -2.28. The molecular formula is C22H31N3O4. The third kappa shape index (κ3) is 3.92. The number of amides is 1. The van der Waals surface area contributed by atoms with Crippen LogP contribution in [0.5, 0.6) is 5.75 Å². The molecule has 0 bridgehead atoms. The van der Waals surface area contributed by atoms with Crippen LogP contribution in [0.15, 0.2) is 23.0 Å². The zero-order chi connectivity index (χ0) is 20.7. The fourth-order valence-corrected chi connectivity index (χ4v) is 5.04. The summed E-state index contributed by atoms with van der Waals surface area (Å²) in [5, 5.41) is 9.84. The molecule has 2 fully saturated rings. The number of phenolic OH excluding ortho intramolecular Hbond substituents is 1. The van der Waals surface area contributed by atoms with Crippen LogP contribution in [-0.2, 0) is 23.1 Å². The van der Waals surface area contributed by atoms with Crippen LogP contribution in [0, 0.1) is 11.8 Å². The Bertz CT molecular complexity index is 945. The minimum atomic E-state index is -0.0555. The van der Waals surface area contributed by atoms with Crippen molar-refractivity contribution in [2.24, 2.45) is 18.9 Å². The number of fused-ring (bicyclic) bond motifs is 1. The van der Waals surface area contributed by atoms with Crippen LogP contribution in [0.2, 0.25) is 0 Å². The number of hydrogen-bond acceptors (Lipinski definition) is 4. The molecule has 2 aliphatic rings. The highest BCUT2D eigenvalue weighted by Gasteiger charge is 2.33. The number of imidazole rings is 1. The van der Waals surface area contributed by atoms with Crippen LogP contribution < -0.4 is 5.69 Å². The van der Waals surface area contributed by atoms with Gasteiger partial charge >= 0.3 is 5.69 Å². The van der Waals surface area contributed by atoms with Gasteiger partial charge in [0.05, 0.1) is 23.2 Å². The maximum atomic E-state index is 13.0. The zero-order valence-electron chi connectivity index (χ0n) is 17.5. The van der Waals surface area contributed by atoms with Crippen molar-refractivity contribution in [1.82, 2.24) is 14.0 Å². The molecule has 1 aromatic carbocycles. The Kier molecular flexibility index (Phi) is 5.42. The molecule has 4 rings (SSSR count). The minimum absolute atomic E-state index is 0.0555. The average molecular weight is 402 g/mol. The molecule has 0 radical (unpaired) electrons. The predicted molar refractivity (Wildman–Crippen MR) is 111 cm³/mol. The van der Waals surface area contributed by atoms with E-state index in [0.29, 0.717) is 25.6 Å². The normalized spacial score (nSPS) is 28.0. The van der Waals surface area contributed by atoms with Gasteiger partial charge in [0.2, 0.25) is 5.91 Å². The number of carbonyl (C=O) groups excluding carboxylic acids is 1. The van der Waals surface area contributed by atoms with Gasteiger partial charge in [-0.25, -0.2) is 4.79 Å². The number of nitrogens with zero attached hydrogens (tertiary/aromatic N) is 3. The summed E-state index contributed by atoms with van der Waals surface area (Å²) in [6, 6.07) is 5.05. The van der Waals surface area contributed by atoms with Crippen LogP contribution in [0.1, 0.15) is 39.5 Å². The Morgan fingerprint density at radius 2 is 1.76 bits per heavy atom. The lowest BCUT2D eigenvalue weighted by atomic mass is 9.81. The summed E-state index contributed by atoms with van der Waals surface area (Å²) in [4.78, 5) is 27.6. The number of hydrogen-bond donors (Lipinski definition) is 1. The molecule has 1 aliphatic carbocycles. The van der Waals surface area contributed by atoms with Crippen molar-refractivity contribution in [3.63, 3.8) is 0 Å². The number of aromatic hydroxyl groups is 1. The van der Waals surface area contributed by atoms with Crippen LogP contribution in [0.25, 0.3) is 11.0 Å². The van der Waals surface area contributed by atoms with Gasteiger partial charge in [-0.15, -0.1) is 0 Å². The fraction of sp³-hybridized carbons (Fsp3) is 0.636. The Labute approximate surface area is 170 Å². The zero-order valence-corrected chi connectivity index (χ0v) is 17.5. The van der Waals surface area contributed by atoms with Crippen molar-refractivity contribution >= 4 is 16.9 Å². The summed E-state index contributed by atoms with van der Waals surface area (Å²) in [6.07, 6.45) is 3.80. The van der Waals surface area contributed by atoms with Gasteiger partial charge in [-0.2, -0.15) is 0 Å². The van der Waals surface area contributed by atoms with Crippen LogP contribution in [0.4, 0.5) is 0 Å². The summed E-state index contributed by atoms with van der Waals surface area (Å²) in [7, 11) is 1.76. The molecule has 1 amide bonds. The average Bonchev–Trinajstić information content (AvgIpc) is 2.91. The second-order valence-corrected chi connectivity index (χ2v) is 8.84. The van der Waals surface area contributed by atoms with Gasteiger partial charge in [0.25, 0.3) is 0 Å². The van der Waals surface area contributed by atoms with Crippen LogP contribution >= 0.6 is 0 Å². The molecule has 0 spiro atoms. The third-order valence-electron chi connectivity index (χ3n) is 6.50. The summed E-state index contributed by atoms with van der Waals surface area (Å²) < 4.78 is 9.15. The molecule has 158 valence electrons. The van der Waals surface area contributed by atoms with E-state index in [9.17, 15) is 14.7 Å². The molecule has 2 aromatic rings. The first kappa shape index (κ1) is 20.0. The number of carbonyl (C=O) groups is 1. The number of morpholine rings is 1. The van der Waals surface area contributed by atoms with Gasteiger partial charge in [0, 0.05) is 38.7 Å². The number of phenols is 1. The van der Waals surface area contributed by atoms with Gasteiger partial charge in [0.15, 0.2) is 0 Å². The predicted octanol–water partition coefficient (Wildman–Crippen LogP) is 2.49. The first-order valence-corrected chi connectivity index (χ1v) is 10.7. The number of ether oxygens (including phenoxy) is 1. The molecule has 2 heterocycles. The van der Waals surface area contributed by atoms with E-state index in [1.54, 1.807) is 34.4 Å². The summed E-state index contributed by atoms with van der Waals surface area (Å²) >= 11 is 0. The van der Waals surface area contributed by atoms with Gasteiger partial charge in [0.1, 0.15) is 5.75 Å². The standard InChI is InChI=1S/C22H31N3O4/c1-14-11-24(12-15(2)29-14)21(27)17-6-4-16(5-7-17)13-25-20-10-18(26)8-9-19(20)23(3)22(25)28/h8-10,14-17,26H,4-7,11-13H2,1-3H3/t14-,15+,16?,17?. The fourth-order valence-electron chi connectivity index (χ4n) is 5.04. The van der Waals surface area contributed by atoms with E-state index in [1.165, 1.54) is 0 Å². The Morgan fingerprint density at radius 1 is 1.10 bits per heavy atom. The highest BCUT2D eigenvalue weighted by Crippen LogP contribution is 2.32. The molecule has 7 heteroatoms. The third-order valence-corrected chi connectivity index (χ3v) is 6.50. The highest BCUT2D eigenvalue weighted by atomic mass is 16.5. The summed E-state index contributed by atoms with van der Waals surface area (Å²) in [5.74, 6) is 0.877. The SMILES string of the molecule is C[C@@H]1CN(C(=O)C2CCC(Cn3c(=O)n(C)c4ccc(O)cc43)CC2)C[C@H](C)O1. The van der Waals surface area contributed by atoms with E-state index in [0.717, 1.165) is 36.7 Å². The van der Waals surface area contributed by atoms with E-state index in [4.69, 9.17) is 4.74 Å². The van der Waals surface area contributed by atoms with Crippen LogP contribution in [0.3, 0.4) is 0 Å². The monoisotopic (exact) mass is 401 g/mol. The maximum Gasteiger partial charge on any atom is 0.328 e. The largest absolute Gasteiger partial charge is 0.508 e. The molecule has 0 unspecified atom stereocenters. The second-order valence-electron chi connectivity index (χ2n) is 8.84. The van der Waals surface area contributed by atoms with Crippen molar-refractivity contribution in [3.05, 3.63) is 28.7 Å². The van der Waals surface area contributed by atoms with Crippen molar-refractivity contribution < 1.29 is 14.6 Å². The second kappa shape index (κ2) is 7.86. The molecule has 1 saturated carbocycles. The van der Waals surface area contributed by atoms with E-state index in [1.807, 2.05) is 18.7 Å². The topological polar surface area (TPSA) is 76.7 Å². The van der Waals surface area contributed by atoms with Crippen LogP contribution in [-0.4, -0.2) is 50.3 Å². The molecule has 1 N–H and O–H groups in total. The molecule has 2 atom stereocenters. The number of aromatic nitrogens is 2. The van der Waals surface area contributed by atoms with Crippen molar-refractivity contribution in [1.29, 1.82) is 0 Å². The number of rotatable bonds is 3. The summed E-state index contributed by atoms with van der Waals surface area (Å²) in [5.41, 5.74) is 1.54. The smallest absolute Gasteiger partial charge is 0.328 e. The molecular weight excluding hydrogens is 370 g/mol. The van der Waals surface area contributed by atoms with Gasteiger partial charge < -0.3 is 14.7 Å². The van der Waals surface area contributed by atoms with Crippen molar-refractivity contribution in [2.45, 2.75) is 58.3 Å². The van der Waals surface area contributed by atoms with Crippen molar-refractivity contribution in [2.75, 3.05) is 13.1 Å². The van der Waals surface area contributed by atoms with Crippen molar-refractivity contribution in [3.8, 4) is 5.75 Å². The van der Waals surface area contributed by atoms with Gasteiger partial charge in [-0.05, 0) is 57.6 Å². The van der Waals surface area contributed by atoms with E-state index < -0.39 is 0 Å². The Morgan fingerprint density at radius 3 is 2.41 bits per heavy atom. The van der Waals surface area contributed by atoms with E-state index in [2.05, 4.69) is 0 Å².